The fraction of sp³-hybridized carbons (Fsp3) is 0.417. The van der Waals surface area contributed by atoms with Gasteiger partial charge in [0.25, 0.3) is 0 Å². The molecule has 0 aliphatic carbocycles. The summed E-state index contributed by atoms with van der Waals surface area (Å²) in [6.07, 6.45) is 3.15. The van der Waals surface area contributed by atoms with Crippen LogP contribution in [0.1, 0.15) is 26.2 Å². The number of anilines is 1. The number of benzene rings is 1. The van der Waals surface area contributed by atoms with Gasteiger partial charge < -0.3 is 5.32 Å². The maximum atomic E-state index is 8.90. The molecule has 1 rings (SSSR count). The van der Waals surface area contributed by atoms with Gasteiger partial charge in [0.05, 0.1) is 6.07 Å². The minimum atomic E-state index is -0.0580. The molecule has 2 nitrogen and oxygen atoms in total. The van der Waals surface area contributed by atoms with E-state index < -0.39 is 0 Å². The van der Waals surface area contributed by atoms with Gasteiger partial charge in [0.2, 0.25) is 0 Å². The van der Waals surface area contributed by atoms with E-state index in [2.05, 4.69) is 18.3 Å². The van der Waals surface area contributed by atoms with Crippen LogP contribution in [-0.2, 0) is 0 Å². The second-order valence-electron chi connectivity index (χ2n) is 3.33. The van der Waals surface area contributed by atoms with Crippen molar-refractivity contribution in [3.8, 4) is 6.07 Å². The van der Waals surface area contributed by atoms with Gasteiger partial charge in [-0.05, 0) is 18.6 Å². The Labute approximate surface area is 85.6 Å². The Kier molecular flexibility index (Phi) is 4.57. The van der Waals surface area contributed by atoms with Gasteiger partial charge in [-0.1, -0.05) is 38.0 Å². The van der Waals surface area contributed by atoms with Crippen LogP contribution in [0.4, 0.5) is 5.69 Å². The maximum Gasteiger partial charge on any atom is 0.114 e. The second kappa shape index (κ2) is 6.04. The van der Waals surface area contributed by atoms with E-state index in [0.29, 0.717) is 0 Å². The standard InChI is InChI=1S/C12H16N2/c1-2-3-7-12(10-13)14-11-8-5-4-6-9-11/h4-6,8-9,12,14H,2-3,7H2,1H3. The molecule has 2 heteroatoms. The lowest BCUT2D eigenvalue weighted by Crippen LogP contribution is -2.16. The first-order valence-corrected chi connectivity index (χ1v) is 5.08. The van der Waals surface area contributed by atoms with Gasteiger partial charge in [0.15, 0.2) is 0 Å². The Morgan fingerprint density at radius 2 is 2.07 bits per heavy atom. The molecule has 1 N–H and O–H groups in total. The Morgan fingerprint density at radius 3 is 2.64 bits per heavy atom. The number of nitrogens with zero attached hydrogens (tertiary/aromatic N) is 1. The number of hydrogen-bond donors (Lipinski definition) is 1. The Hall–Kier alpha value is -1.49. The zero-order valence-corrected chi connectivity index (χ0v) is 8.53. The molecule has 0 aromatic heterocycles. The smallest absolute Gasteiger partial charge is 0.114 e. The van der Waals surface area contributed by atoms with E-state index in [4.69, 9.17) is 5.26 Å². The molecule has 0 fully saturated rings. The van der Waals surface area contributed by atoms with Crippen molar-refractivity contribution in [2.24, 2.45) is 0 Å². The van der Waals surface area contributed by atoms with Crippen LogP contribution in [0.3, 0.4) is 0 Å². The van der Waals surface area contributed by atoms with Crippen LogP contribution in [-0.4, -0.2) is 6.04 Å². The maximum absolute atomic E-state index is 8.90. The lowest BCUT2D eigenvalue weighted by Gasteiger charge is -2.11. The zero-order valence-electron chi connectivity index (χ0n) is 8.53. The van der Waals surface area contributed by atoms with Gasteiger partial charge in [0, 0.05) is 5.69 Å². The fourth-order valence-electron chi connectivity index (χ4n) is 1.31. The topological polar surface area (TPSA) is 35.8 Å². The highest BCUT2D eigenvalue weighted by atomic mass is 14.9. The Balaban J connectivity index is 2.46. The summed E-state index contributed by atoms with van der Waals surface area (Å²) in [5, 5.41) is 12.1. The number of para-hydroxylation sites is 1. The van der Waals surface area contributed by atoms with Gasteiger partial charge >= 0.3 is 0 Å². The number of nitrogens with one attached hydrogen (secondary N) is 1. The number of unbranched alkanes of at least 4 members (excludes halogenated alkanes) is 1. The average Bonchev–Trinajstić information content (AvgIpc) is 2.25. The monoisotopic (exact) mass is 188 g/mol. The molecule has 14 heavy (non-hydrogen) atoms. The summed E-state index contributed by atoms with van der Waals surface area (Å²) >= 11 is 0. The van der Waals surface area contributed by atoms with Crippen LogP contribution in [0.15, 0.2) is 30.3 Å². The van der Waals surface area contributed by atoms with Crippen molar-refractivity contribution in [3.63, 3.8) is 0 Å². The molecular formula is C12H16N2. The number of hydrogen-bond acceptors (Lipinski definition) is 2. The predicted molar refractivity (Wildman–Crippen MR) is 59.0 cm³/mol. The van der Waals surface area contributed by atoms with Gasteiger partial charge in [-0.2, -0.15) is 5.26 Å². The molecule has 0 heterocycles. The molecule has 74 valence electrons. The SMILES string of the molecule is CCCCC(C#N)Nc1ccccc1. The first kappa shape index (κ1) is 10.6. The number of nitriles is 1. The van der Waals surface area contributed by atoms with Crippen LogP contribution >= 0.6 is 0 Å². The van der Waals surface area contributed by atoms with Crippen molar-refractivity contribution in [3.05, 3.63) is 30.3 Å². The van der Waals surface area contributed by atoms with Crippen LogP contribution in [0.25, 0.3) is 0 Å². The summed E-state index contributed by atoms with van der Waals surface area (Å²) in [4.78, 5) is 0. The summed E-state index contributed by atoms with van der Waals surface area (Å²) in [5.74, 6) is 0. The summed E-state index contributed by atoms with van der Waals surface area (Å²) in [7, 11) is 0. The van der Waals surface area contributed by atoms with Crippen molar-refractivity contribution >= 4 is 5.69 Å². The van der Waals surface area contributed by atoms with Crippen molar-refractivity contribution in [1.29, 1.82) is 5.26 Å². The molecule has 1 aromatic rings. The highest BCUT2D eigenvalue weighted by Crippen LogP contribution is 2.10. The fourth-order valence-corrected chi connectivity index (χ4v) is 1.31. The Morgan fingerprint density at radius 1 is 1.36 bits per heavy atom. The third-order valence-electron chi connectivity index (χ3n) is 2.12. The van der Waals surface area contributed by atoms with E-state index >= 15 is 0 Å². The molecule has 1 atom stereocenters. The molecule has 0 bridgehead atoms. The minimum absolute atomic E-state index is 0.0580. The van der Waals surface area contributed by atoms with Crippen LogP contribution < -0.4 is 5.32 Å². The molecule has 0 radical (unpaired) electrons. The van der Waals surface area contributed by atoms with E-state index in [0.717, 1.165) is 24.9 Å². The highest BCUT2D eigenvalue weighted by Gasteiger charge is 2.04. The predicted octanol–water partition coefficient (Wildman–Crippen LogP) is 3.18. The molecule has 0 saturated heterocycles. The summed E-state index contributed by atoms with van der Waals surface area (Å²) in [5.41, 5.74) is 1.02. The molecule has 1 unspecified atom stereocenters. The largest absolute Gasteiger partial charge is 0.370 e. The number of rotatable bonds is 5. The molecule has 0 aliphatic heterocycles. The summed E-state index contributed by atoms with van der Waals surface area (Å²) < 4.78 is 0. The second-order valence-corrected chi connectivity index (χ2v) is 3.33. The molecular weight excluding hydrogens is 172 g/mol. The van der Waals surface area contributed by atoms with Crippen LogP contribution in [0, 0.1) is 11.3 Å². The Bertz CT molecular complexity index is 287. The van der Waals surface area contributed by atoms with Crippen molar-refractivity contribution in [1.82, 2.24) is 0 Å². The summed E-state index contributed by atoms with van der Waals surface area (Å²) in [6.45, 7) is 2.14. The van der Waals surface area contributed by atoms with Crippen molar-refractivity contribution in [2.45, 2.75) is 32.2 Å². The minimum Gasteiger partial charge on any atom is -0.370 e. The quantitative estimate of drug-likeness (QED) is 0.770. The van der Waals surface area contributed by atoms with Gasteiger partial charge in [0.1, 0.15) is 6.04 Å². The van der Waals surface area contributed by atoms with Crippen LogP contribution in [0.5, 0.6) is 0 Å². The lowest BCUT2D eigenvalue weighted by atomic mass is 10.1. The van der Waals surface area contributed by atoms with Crippen molar-refractivity contribution in [2.75, 3.05) is 5.32 Å². The molecule has 0 spiro atoms. The first-order valence-electron chi connectivity index (χ1n) is 5.08. The molecule has 1 aromatic carbocycles. The van der Waals surface area contributed by atoms with Gasteiger partial charge in [-0.15, -0.1) is 0 Å². The van der Waals surface area contributed by atoms with Crippen molar-refractivity contribution < 1.29 is 0 Å². The first-order chi connectivity index (χ1) is 6.86. The molecule has 0 aliphatic rings. The average molecular weight is 188 g/mol. The highest BCUT2D eigenvalue weighted by molar-refractivity contribution is 5.44. The summed E-state index contributed by atoms with van der Waals surface area (Å²) in [6, 6.07) is 12.1. The third-order valence-corrected chi connectivity index (χ3v) is 2.12. The van der Waals surface area contributed by atoms with Gasteiger partial charge in [-0.25, -0.2) is 0 Å². The van der Waals surface area contributed by atoms with E-state index in [1.807, 2.05) is 30.3 Å². The molecule has 0 saturated carbocycles. The normalized spacial score (nSPS) is 11.7. The zero-order chi connectivity index (χ0) is 10.2. The van der Waals surface area contributed by atoms with Crippen LogP contribution in [0.2, 0.25) is 0 Å². The van der Waals surface area contributed by atoms with E-state index in [1.54, 1.807) is 0 Å². The van der Waals surface area contributed by atoms with Gasteiger partial charge in [-0.3, -0.25) is 0 Å². The van der Waals surface area contributed by atoms with E-state index in [1.165, 1.54) is 0 Å². The lowest BCUT2D eigenvalue weighted by molar-refractivity contribution is 0.687. The third kappa shape index (κ3) is 3.49. The van der Waals surface area contributed by atoms with E-state index in [-0.39, 0.29) is 6.04 Å². The van der Waals surface area contributed by atoms with E-state index in [9.17, 15) is 0 Å². The molecule has 0 amide bonds.